The Morgan fingerprint density at radius 3 is 2.64 bits per heavy atom. The lowest BCUT2D eigenvalue weighted by atomic mass is 10.2. The van der Waals surface area contributed by atoms with Crippen LogP contribution in [0.4, 0.5) is 5.69 Å². The Balaban J connectivity index is 2.02. The van der Waals surface area contributed by atoms with Gasteiger partial charge in [0.2, 0.25) is 0 Å². The molecule has 25 heavy (non-hydrogen) atoms. The van der Waals surface area contributed by atoms with Crippen LogP contribution in [0.25, 0.3) is 6.08 Å². The summed E-state index contributed by atoms with van der Waals surface area (Å²) in [6.07, 6.45) is 3.03. The lowest BCUT2D eigenvalue weighted by Crippen LogP contribution is -2.35. The van der Waals surface area contributed by atoms with E-state index in [0.717, 1.165) is 0 Å². The molecule has 128 valence electrons. The summed E-state index contributed by atoms with van der Waals surface area (Å²) < 4.78 is 9.96. The SMILES string of the molecule is COC(=O)CN1C(=S)N(c2ccc(Cl)cc2)C(=O)C1=Cc1ccco1. The first-order valence-electron chi connectivity index (χ1n) is 7.25. The summed E-state index contributed by atoms with van der Waals surface area (Å²) in [7, 11) is 1.27. The molecule has 0 aliphatic carbocycles. The van der Waals surface area contributed by atoms with Crippen molar-refractivity contribution in [2.45, 2.75) is 0 Å². The number of ether oxygens (including phenoxy) is 1. The van der Waals surface area contributed by atoms with Crippen LogP contribution in [0.3, 0.4) is 0 Å². The van der Waals surface area contributed by atoms with Crippen LogP contribution < -0.4 is 4.90 Å². The molecule has 0 N–H and O–H groups in total. The van der Waals surface area contributed by atoms with Gasteiger partial charge in [-0.25, -0.2) is 0 Å². The normalized spacial score (nSPS) is 16.0. The number of nitrogens with zero attached hydrogens (tertiary/aromatic N) is 2. The fraction of sp³-hybridized carbons (Fsp3) is 0.118. The molecule has 8 heteroatoms. The van der Waals surface area contributed by atoms with Gasteiger partial charge in [-0.2, -0.15) is 0 Å². The summed E-state index contributed by atoms with van der Waals surface area (Å²) in [6, 6.07) is 10.1. The Bertz CT molecular complexity index is 846. The number of halogens is 1. The van der Waals surface area contributed by atoms with Gasteiger partial charge in [-0.3, -0.25) is 14.5 Å². The third-order valence-electron chi connectivity index (χ3n) is 3.56. The van der Waals surface area contributed by atoms with Gasteiger partial charge in [-0.1, -0.05) is 11.6 Å². The molecule has 0 bridgehead atoms. The summed E-state index contributed by atoms with van der Waals surface area (Å²) in [6.45, 7) is -0.183. The van der Waals surface area contributed by atoms with Crippen LogP contribution in [0.2, 0.25) is 5.02 Å². The minimum Gasteiger partial charge on any atom is -0.468 e. The third kappa shape index (κ3) is 3.42. The van der Waals surface area contributed by atoms with E-state index in [1.165, 1.54) is 29.2 Å². The molecule has 0 saturated carbocycles. The van der Waals surface area contributed by atoms with Crippen LogP contribution in [0.15, 0.2) is 52.8 Å². The maximum absolute atomic E-state index is 12.9. The van der Waals surface area contributed by atoms with Crippen molar-refractivity contribution in [1.29, 1.82) is 0 Å². The van der Waals surface area contributed by atoms with Crippen LogP contribution in [-0.4, -0.2) is 35.5 Å². The van der Waals surface area contributed by atoms with E-state index in [1.54, 1.807) is 36.4 Å². The number of carbonyl (C=O) groups is 2. The van der Waals surface area contributed by atoms with Gasteiger partial charge in [0.15, 0.2) is 5.11 Å². The number of esters is 1. The Labute approximate surface area is 154 Å². The highest BCUT2D eigenvalue weighted by molar-refractivity contribution is 7.80. The summed E-state index contributed by atoms with van der Waals surface area (Å²) >= 11 is 11.3. The molecule has 6 nitrogen and oxygen atoms in total. The van der Waals surface area contributed by atoms with Crippen LogP contribution in [0.1, 0.15) is 5.76 Å². The van der Waals surface area contributed by atoms with Gasteiger partial charge in [0.05, 0.1) is 19.1 Å². The van der Waals surface area contributed by atoms with Gasteiger partial charge < -0.3 is 14.1 Å². The van der Waals surface area contributed by atoms with Gasteiger partial charge in [0.25, 0.3) is 5.91 Å². The van der Waals surface area contributed by atoms with Crippen molar-refractivity contribution in [3.63, 3.8) is 0 Å². The second-order valence-corrected chi connectivity index (χ2v) is 5.91. The minimum atomic E-state index is -0.515. The minimum absolute atomic E-state index is 0.176. The van der Waals surface area contributed by atoms with Crippen molar-refractivity contribution in [3.8, 4) is 0 Å². The zero-order chi connectivity index (χ0) is 18.0. The van der Waals surface area contributed by atoms with Crippen molar-refractivity contribution in [3.05, 3.63) is 59.1 Å². The van der Waals surface area contributed by atoms with Gasteiger partial charge in [-0.05, 0) is 48.6 Å². The Kier molecular flexibility index (Phi) is 4.87. The molecule has 0 radical (unpaired) electrons. The number of hydrogen-bond acceptors (Lipinski definition) is 5. The zero-order valence-corrected chi connectivity index (χ0v) is 14.7. The average Bonchev–Trinajstić information content (AvgIpc) is 3.19. The predicted molar refractivity (Wildman–Crippen MR) is 96.9 cm³/mol. The molecular formula is C17H13ClN2O4S. The molecule has 0 spiro atoms. The smallest absolute Gasteiger partial charge is 0.325 e. The zero-order valence-electron chi connectivity index (χ0n) is 13.1. The quantitative estimate of drug-likeness (QED) is 0.464. The Morgan fingerprint density at radius 1 is 1.32 bits per heavy atom. The highest BCUT2D eigenvalue weighted by Crippen LogP contribution is 2.29. The van der Waals surface area contributed by atoms with Gasteiger partial charge in [-0.15, -0.1) is 0 Å². The Morgan fingerprint density at radius 2 is 2.04 bits per heavy atom. The highest BCUT2D eigenvalue weighted by atomic mass is 35.5. The lowest BCUT2D eigenvalue weighted by Gasteiger charge is -2.19. The highest BCUT2D eigenvalue weighted by Gasteiger charge is 2.40. The lowest BCUT2D eigenvalue weighted by molar-refractivity contribution is -0.140. The maximum atomic E-state index is 12.9. The molecule has 1 aliphatic heterocycles. The summed E-state index contributed by atoms with van der Waals surface area (Å²) in [4.78, 5) is 27.4. The molecule has 2 heterocycles. The van der Waals surface area contributed by atoms with Crippen molar-refractivity contribution < 1.29 is 18.7 Å². The predicted octanol–water partition coefficient (Wildman–Crippen LogP) is 3.08. The number of furan rings is 1. The first-order valence-corrected chi connectivity index (χ1v) is 8.03. The summed E-state index contributed by atoms with van der Waals surface area (Å²) in [5.74, 6) is -0.412. The first kappa shape index (κ1) is 17.2. The molecule has 0 atom stereocenters. The van der Waals surface area contributed by atoms with E-state index in [9.17, 15) is 9.59 Å². The average molecular weight is 377 g/mol. The largest absolute Gasteiger partial charge is 0.468 e. The van der Waals surface area contributed by atoms with Gasteiger partial charge in [0.1, 0.15) is 18.0 Å². The van der Waals surface area contributed by atoms with Crippen molar-refractivity contribution in [2.24, 2.45) is 0 Å². The van der Waals surface area contributed by atoms with E-state index in [1.807, 2.05) is 0 Å². The monoisotopic (exact) mass is 376 g/mol. The first-order chi connectivity index (χ1) is 12.0. The second kappa shape index (κ2) is 7.08. The molecule has 1 saturated heterocycles. The number of amides is 1. The van der Waals surface area contributed by atoms with E-state index in [2.05, 4.69) is 0 Å². The van der Waals surface area contributed by atoms with E-state index in [0.29, 0.717) is 16.5 Å². The molecular weight excluding hydrogens is 364 g/mol. The molecule has 3 rings (SSSR count). The second-order valence-electron chi connectivity index (χ2n) is 5.11. The molecule has 2 aromatic rings. The van der Waals surface area contributed by atoms with Crippen LogP contribution >= 0.6 is 23.8 Å². The standard InChI is InChI=1S/C17H13ClN2O4S/c1-23-15(21)10-19-14(9-13-3-2-8-24-13)16(22)20(17(19)25)12-6-4-11(18)5-7-12/h2-9H,10H2,1H3. The maximum Gasteiger partial charge on any atom is 0.325 e. The van der Waals surface area contributed by atoms with E-state index in [-0.39, 0.29) is 23.3 Å². The van der Waals surface area contributed by atoms with E-state index >= 15 is 0 Å². The Hall–Kier alpha value is -2.64. The number of hydrogen-bond donors (Lipinski definition) is 0. The summed E-state index contributed by atoms with van der Waals surface area (Å²) in [5, 5.41) is 0.717. The fourth-order valence-corrected chi connectivity index (χ4v) is 2.83. The number of carbonyl (C=O) groups excluding carboxylic acids is 2. The van der Waals surface area contributed by atoms with Crippen molar-refractivity contribution >= 4 is 52.6 Å². The van der Waals surface area contributed by atoms with Crippen molar-refractivity contribution in [2.75, 3.05) is 18.6 Å². The van der Waals surface area contributed by atoms with Crippen LogP contribution in [0, 0.1) is 0 Å². The number of methoxy groups -OCH3 is 1. The topological polar surface area (TPSA) is 63.0 Å². The molecule has 1 aliphatic rings. The van der Waals surface area contributed by atoms with Gasteiger partial charge >= 0.3 is 5.97 Å². The van der Waals surface area contributed by atoms with Gasteiger partial charge in [0, 0.05) is 11.1 Å². The van der Waals surface area contributed by atoms with Crippen LogP contribution in [-0.2, 0) is 14.3 Å². The van der Waals surface area contributed by atoms with Crippen molar-refractivity contribution in [1.82, 2.24) is 4.90 Å². The fourth-order valence-electron chi connectivity index (χ4n) is 2.35. The number of thiocarbonyl (C=S) groups is 1. The number of rotatable bonds is 4. The molecule has 0 unspecified atom stereocenters. The van der Waals surface area contributed by atoms with E-state index < -0.39 is 5.97 Å². The van der Waals surface area contributed by atoms with E-state index in [4.69, 9.17) is 33.0 Å². The third-order valence-corrected chi connectivity index (χ3v) is 4.21. The molecule has 1 aromatic carbocycles. The molecule has 1 fully saturated rings. The summed E-state index contributed by atoms with van der Waals surface area (Å²) in [5.41, 5.74) is 0.775. The van der Waals surface area contributed by atoms with Crippen LogP contribution in [0.5, 0.6) is 0 Å². The molecule has 1 aromatic heterocycles. The number of benzene rings is 1. The molecule has 1 amide bonds. The number of anilines is 1.